The van der Waals surface area contributed by atoms with Crippen LogP contribution in [-0.2, 0) is 0 Å². The number of carbonyl (C=O) groups excluding carboxylic acids is 1. The van der Waals surface area contributed by atoms with E-state index in [0.717, 1.165) is 6.07 Å². The SMILES string of the molecule is O=C(Nc1ccc(SC2CCCC2)cc1)c1ccc([N+](=O)[O-])o1. The Morgan fingerprint density at radius 2 is 1.87 bits per heavy atom. The van der Waals surface area contributed by atoms with E-state index in [4.69, 9.17) is 4.42 Å². The number of rotatable bonds is 5. The van der Waals surface area contributed by atoms with Crippen molar-refractivity contribution in [3.05, 3.63) is 52.3 Å². The Morgan fingerprint density at radius 3 is 2.48 bits per heavy atom. The van der Waals surface area contributed by atoms with Crippen LogP contribution >= 0.6 is 11.8 Å². The highest BCUT2D eigenvalue weighted by Gasteiger charge is 2.18. The Kier molecular flexibility index (Phi) is 4.66. The van der Waals surface area contributed by atoms with E-state index in [0.29, 0.717) is 10.9 Å². The van der Waals surface area contributed by atoms with E-state index in [1.807, 2.05) is 36.0 Å². The molecule has 0 spiro atoms. The number of anilines is 1. The number of nitrogens with zero attached hydrogens (tertiary/aromatic N) is 1. The first-order chi connectivity index (χ1) is 11.1. The zero-order valence-corrected chi connectivity index (χ0v) is 13.2. The van der Waals surface area contributed by atoms with Gasteiger partial charge >= 0.3 is 5.88 Å². The summed E-state index contributed by atoms with van der Waals surface area (Å²) in [4.78, 5) is 23.0. The highest BCUT2D eigenvalue weighted by molar-refractivity contribution is 8.00. The molecule has 0 atom stereocenters. The molecular weight excluding hydrogens is 316 g/mol. The Hall–Kier alpha value is -2.28. The number of nitrogens with one attached hydrogen (secondary N) is 1. The Bertz CT molecular complexity index is 705. The van der Waals surface area contributed by atoms with Crippen LogP contribution in [0, 0.1) is 10.1 Å². The summed E-state index contributed by atoms with van der Waals surface area (Å²) in [5, 5.41) is 13.9. The zero-order valence-electron chi connectivity index (χ0n) is 12.4. The fourth-order valence-electron chi connectivity index (χ4n) is 2.56. The van der Waals surface area contributed by atoms with E-state index in [1.54, 1.807) is 0 Å². The van der Waals surface area contributed by atoms with Gasteiger partial charge in [0.15, 0.2) is 5.76 Å². The molecule has 23 heavy (non-hydrogen) atoms. The van der Waals surface area contributed by atoms with Crippen molar-refractivity contribution in [1.82, 2.24) is 0 Å². The minimum absolute atomic E-state index is 0.0823. The normalized spacial score (nSPS) is 14.8. The molecule has 1 saturated carbocycles. The first kappa shape index (κ1) is 15.6. The third-order valence-corrected chi connectivity index (χ3v) is 5.06. The molecule has 0 aliphatic heterocycles. The van der Waals surface area contributed by atoms with Crippen LogP contribution in [0.1, 0.15) is 36.2 Å². The lowest BCUT2D eigenvalue weighted by Gasteiger charge is -2.09. The van der Waals surface area contributed by atoms with Crippen molar-refractivity contribution < 1.29 is 14.1 Å². The molecule has 7 heteroatoms. The maximum Gasteiger partial charge on any atom is 0.433 e. The maximum atomic E-state index is 12.0. The predicted molar refractivity (Wildman–Crippen MR) is 87.9 cm³/mol. The summed E-state index contributed by atoms with van der Waals surface area (Å²) in [5.41, 5.74) is 0.629. The fourth-order valence-corrected chi connectivity index (χ4v) is 3.80. The largest absolute Gasteiger partial charge is 0.433 e. The second kappa shape index (κ2) is 6.87. The highest BCUT2D eigenvalue weighted by atomic mass is 32.2. The van der Waals surface area contributed by atoms with Gasteiger partial charge in [-0.3, -0.25) is 14.9 Å². The number of hydrogen-bond donors (Lipinski definition) is 1. The summed E-state index contributed by atoms with van der Waals surface area (Å²) in [6.45, 7) is 0. The predicted octanol–water partition coefficient (Wildman–Crippen LogP) is 4.47. The Balaban J connectivity index is 1.60. The molecule has 3 rings (SSSR count). The summed E-state index contributed by atoms with van der Waals surface area (Å²) in [7, 11) is 0. The molecule has 0 saturated heterocycles. The molecule has 0 radical (unpaired) electrons. The van der Waals surface area contributed by atoms with Crippen LogP contribution in [0.5, 0.6) is 0 Å². The third kappa shape index (κ3) is 3.92. The van der Waals surface area contributed by atoms with Crippen LogP contribution in [-0.4, -0.2) is 16.1 Å². The third-order valence-electron chi connectivity index (χ3n) is 3.71. The molecule has 120 valence electrons. The molecule has 1 aromatic carbocycles. The number of benzene rings is 1. The average Bonchev–Trinajstić information content (AvgIpc) is 3.20. The summed E-state index contributed by atoms with van der Waals surface area (Å²) in [6.07, 6.45) is 5.14. The smallest absolute Gasteiger partial charge is 0.395 e. The minimum Gasteiger partial charge on any atom is -0.395 e. The summed E-state index contributed by atoms with van der Waals surface area (Å²) < 4.78 is 4.88. The molecule has 1 heterocycles. The lowest BCUT2D eigenvalue weighted by atomic mass is 10.3. The second-order valence-electron chi connectivity index (χ2n) is 5.40. The van der Waals surface area contributed by atoms with Crippen molar-refractivity contribution in [3.63, 3.8) is 0 Å². The van der Waals surface area contributed by atoms with Gasteiger partial charge in [0.05, 0.1) is 6.07 Å². The molecule has 0 unspecified atom stereocenters. The van der Waals surface area contributed by atoms with Gasteiger partial charge in [0.1, 0.15) is 4.92 Å². The molecular formula is C16H16N2O4S. The van der Waals surface area contributed by atoms with Gasteiger partial charge in [-0.2, -0.15) is 0 Å². The second-order valence-corrected chi connectivity index (χ2v) is 6.77. The number of nitro groups is 1. The van der Waals surface area contributed by atoms with Crippen molar-refractivity contribution in [2.24, 2.45) is 0 Å². The number of amides is 1. The lowest BCUT2D eigenvalue weighted by molar-refractivity contribution is -0.402. The van der Waals surface area contributed by atoms with Crippen LogP contribution in [0.4, 0.5) is 11.6 Å². The van der Waals surface area contributed by atoms with Gasteiger partial charge < -0.3 is 9.73 Å². The maximum absolute atomic E-state index is 12.0. The van der Waals surface area contributed by atoms with E-state index in [-0.39, 0.29) is 5.76 Å². The lowest BCUT2D eigenvalue weighted by Crippen LogP contribution is -2.10. The van der Waals surface area contributed by atoms with Gasteiger partial charge in [-0.25, -0.2) is 0 Å². The van der Waals surface area contributed by atoms with Crippen molar-refractivity contribution >= 4 is 29.2 Å². The van der Waals surface area contributed by atoms with Crippen LogP contribution < -0.4 is 5.32 Å². The number of hydrogen-bond acceptors (Lipinski definition) is 5. The van der Waals surface area contributed by atoms with Crippen LogP contribution in [0.3, 0.4) is 0 Å². The number of furan rings is 1. The van der Waals surface area contributed by atoms with Gasteiger partial charge in [0, 0.05) is 15.8 Å². The molecule has 2 aromatic rings. The molecule has 6 nitrogen and oxygen atoms in total. The highest BCUT2D eigenvalue weighted by Crippen LogP contribution is 2.35. The van der Waals surface area contributed by atoms with Gasteiger partial charge in [0.25, 0.3) is 5.91 Å². The van der Waals surface area contributed by atoms with Crippen molar-refractivity contribution in [1.29, 1.82) is 0 Å². The number of carbonyl (C=O) groups is 1. The van der Waals surface area contributed by atoms with Crippen molar-refractivity contribution in [2.45, 2.75) is 35.8 Å². The molecule has 1 fully saturated rings. The summed E-state index contributed by atoms with van der Waals surface area (Å²) in [5.74, 6) is -1.03. The standard InChI is InChI=1S/C16H16N2O4S/c19-16(14-9-10-15(22-14)18(20)21)17-11-5-7-13(8-6-11)23-12-3-1-2-4-12/h5-10,12H,1-4H2,(H,17,19). The zero-order chi connectivity index (χ0) is 16.2. The monoisotopic (exact) mass is 332 g/mol. The van der Waals surface area contributed by atoms with Gasteiger partial charge in [-0.15, -0.1) is 11.8 Å². The van der Waals surface area contributed by atoms with Crippen LogP contribution in [0.15, 0.2) is 45.7 Å². The quantitative estimate of drug-likeness (QED) is 0.644. The summed E-state index contributed by atoms with van der Waals surface area (Å²) >= 11 is 1.88. The molecule has 1 aliphatic rings. The van der Waals surface area contributed by atoms with E-state index >= 15 is 0 Å². The minimum atomic E-state index is -0.675. The van der Waals surface area contributed by atoms with Gasteiger partial charge in [-0.1, -0.05) is 12.8 Å². The molecule has 1 amide bonds. The van der Waals surface area contributed by atoms with E-state index in [9.17, 15) is 14.9 Å². The summed E-state index contributed by atoms with van der Waals surface area (Å²) in [6, 6.07) is 10.1. The van der Waals surface area contributed by atoms with Gasteiger partial charge in [-0.05, 0) is 43.2 Å². The first-order valence-electron chi connectivity index (χ1n) is 7.44. The molecule has 1 N–H and O–H groups in total. The Morgan fingerprint density at radius 1 is 1.17 bits per heavy atom. The Labute approximate surface area is 137 Å². The average molecular weight is 332 g/mol. The fraction of sp³-hybridized carbons (Fsp3) is 0.312. The molecule has 0 bridgehead atoms. The van der Waals surface area contributed by atoms with E-state index < -0.39 is 16.7 Å². The first-order valence-corrected chi connectivity index (χ1v) is 8.32. The number of thioether (sulfide) groups is 1. The van der Waals surface area contributed by atoms with Gasteiger partial charge in [0.2, 0.25) is 0 Å². The topological polar surface area (TPSA) is 85.4 Å². The van der Waals surface area contributed by atoms with Crippen LogP contribution in [0.2, 0.25) is 0 Å². The van der Waals surface area contributed by atoms with E-state index in [1.165, 1.54) is 36.6 Å². The molecule has 1 aromatic heterocycles. The van der Waals surface area contributed by atoms with E-state index in [2.05, 4.69) is 5.32 Å². The van der Waals surface area contributed by atoms with Crippen molar-refractivity contribution in [2.75, 3.05) is 5.32 Å². The van der Waals surface area contributed by atoms with Crippen LogP contribution in [0.25, 0.3) is 0 Å². The molecule has 1 aliphatic carbocycles. The van der Waals surface area contributed by atoms with Crippen molar-refractivity contribution in [3.8, 4) is 0 Å².